The summed E-state index contributed by atoms with van der Waals surface area (Å²) < 4.78 is 0. The monoisotopic (exact) mass is 383 g/mol. The molecule has 5 nitrogen and oxygen atoms in total. The third kappa shape index (κ3) is 3.16. The van der Waals surface area contributed by atoms with E-state index in [2.05, 4.69) is 10.2 Å². The summed E-state index contributed by atoms with van der Waals surface area (Å²) in [6, 6.07) is 10.7. The molecule has 140 valence electrons. The van der Waals surface area contributed by atoms with Crippen molar-refractivity contribution in [2.75, 3.05) is 23.8 Å². The van der Waals surface area contributed by atoms with E-state index in [1.807, 2.05) is 31.0 Å². The summed E-state index contributed by atoms with van der Waals surface area (Å²) in [5.74, 6) is -0.139. The summed E-state index contributed by atoms with van der Waals surface area (Å²) >= 11 is 6.05. The van der Waals surface area contributed by atoms with Crippen LogP contribution in [0.25, 0.3) is 0 Å². The molecule has 2 heterocycles. The third-order valence-electron chi connectivity index (χ3n) is 5.47. The molecule has 0 spiro atoms. The molecule has 2 aliphatic heterocycles. The van der Waals surface area contributed by atoms with Crippen molar-refractivity contribution in [3.63, 3.8) is 0 Å². The molecule has 1 atom stereocenters. The number of hydrogen-bond donors (Lipinski definition) is 1. The zero-order valence-corrected chi connectivity index (χ0v) is 16.2. The van der Waals surface area contributed by atoms with Gasteiger partial charge in [-0.05, 0) is 68.1 Å². The maximum atomic E-state index is 12.8. The first-order valence-corrected chi connectivity index (χ1v) is 9.59. The van der Waals surface area contributed by atoms with Crippen molar-refractivity contribution in [3.8, 4) is 0 Å². The van der Waals surface area contributed by atoms with E-state index in [1.54, 1.807) is 24.3 Å². The third-order valence-corrected chi connectivity index (χ3v) is 5.89. The van der Waals surface area contributed by atoms with Gasteiger partial charge >= 0.3 is 0 Å². The van der Waals surface area contributed by atoms with Crippen molar-refractivity contribution >= 4 is 34.8 Å². The average Bonchev–Trinajstić information content (AvgIpc) is 2.68. The van der Waals surface area contributed by atoms with Crippen molar-refractivity contribution in [1.29, 1.82) is 0 Å². The first-order valence-electron chi connectivity index (χ1n) is 9.21. The number of halogens is 1. The lowest BCUT2D eigenvalue weighted by atomic mass is 9.97. The Balaban J connectivity index is 1.62. The average molecular weight is 384 g/mol. The zero-order valence-electron chi connectivity index (χ0n) is 15.5. The zero-order chi connectivity index (χ0) is 19.1. The number of rotatable bonds is 2. The minimum Gasteiger partial charge on any atom is -0.354 e. The van der Waals surface area contributed by atoms with Crippen molar-refractivity contribution in [2.24, 2.45) is 0 Å². The number of fused-ring (bicyclic) bond motifs is 2. The first-order chi connectivity index (χ1) is 13.0. The molecule has 2 aromatic rings. The highest BCUT2D eigenvalue weighted by molar-refractivity contribution is 6.31. The molecule has 0 unspecified atom stereocenters. The summed E-state index contributed by atoms with van der Waals surface area (Å²) in [5, 5.41) is 3.57. The van der Waals surface area contributed by atoms with Crippen LogP contribution in [0.3, 0.4) is 0 Å². The van der Waals surface area contributed by atoms with Crippen LogP contribution in [0.4, 0.5) is 11.4 Å². The van der Waals surface area contributed by atoms with Gasteiger partial charge in [0, 0.05) is 29.9 Å². The highest BCUT2D eigenvalue weighted by atomic mass is 35.5. The SMILES string of the molecule is Cc1cc(NC(=O)c2ccc3c(c2)N(C)[C@@H]2CCCCN2C3=O)ccc1Cl. The Hall–Kier alpha value is -2.53. The maximum absolute atomic E-state index is 12.8. The Morgan fingerprint density at radius 1 is 1.19 bits per heavy atom. The second-order valence-corrected chi connectivity index (χ2v) is 7.64. The Kier molecular flexibility index (Phi) is 4.56. The van der Waals surface area contributed by atoms with E-state index in [-0.39, 0.29) is 18.0 Å². The van der Waals surface area contributed by atoms with Gasteiger partial charge in [0.05, 0.1) is 11.3 Å². The fourth-order valence-electron chi connectivity index (χ4n) is 3.94. The highest BCUT2D eigenvalue weighted by Gasteiger charge is 2.37. The van der Waals surface area contributed by atoms with Gasteiger partial charge in [-0.15, -0.1) is 0 Å². The minimum atomic E-state index is -0.202. The normalized spacial score (nSPS) is 18.8. The molecular weight excluding hydrogens is 362 g/mol. The molecule has 0 aromatic heterocycles. The van der Waals surface area contributed by atoms with E-state index in [0.717, 1.165) is 37.1 Å². The molecule has 1 fully saturated rings. The standard InChI is InChI=1S/C21H22ClN3O2/c1-13-11-15(7-9-17(13)22)23-20(26)14-6-8-16-18(12-14)24(2)19-5-3-4-10-25(19)21(16)27/h6-9,11-12,19H,3-5,10H2,1-2H3,(H,23,26)/t19-/m0/s1. The predicted octanol–water partition coefficient (Wildman–Crippen LogP) is 4.30. The van der Waals surface area contributed by atoms with E-state index in [0.29, 0.717) is 21.8 Å². The molecule has 2 aliphatic rings. The van der Waals surface area contributed by atoms with Crippen LogP contribution >= 0.6 is 11.6 Å². The largest absolute Gasteiger partial charge is 0.354 e. The van der Waals surface area contributed by atoms with Crippen molar-refractivity contribution in [3.05, 3.63) is 58.1 Å². The van der Waals surface area contributed by atoms with Crippen LogP contribution < -0.4 is 10.2 Å². The molecule has 2 aromatic carbocycles. The number of benzene rings is 2. The van der Waals surface area contributed by atoms with Crippen LogP contribution in [0.1, 0.15) is 45.5 Å². The number of aryl methyl sites for hydroxylation is 1. The van der Waals surface area contributed by atoms with Gasteiger partial charge in [-0.2, -0.15) is 0 Å². The Labute approximate surface area is 163 Å². The number of piperidine rings is 1. The summed E-state index contributed by atoms with van der Waals surface area (Å²) in [4.78, 5) is 29.6. The Bertz CT molecular complexity index is 928. The molecule has 1 saturated heterocycles. The van der Waals surface area contributed by atoms with E-state index >= 15 is 0 Å². The minimum absolute atomic E-state index is 0.0630. The van der Waals surface area contributed by atoms with Crippen molar-refractivity contribution < 1.29 is 9.59 Å². The lowest BCUT2D eigenvalue weighted by molar-refractivity contribution is 0.0589. The fraction of sp³-hybridized carbons (Fsp3) is 0.333. The molecule has 2 amide bonds. The molecule has 0 saturated carbocycles. The molecule has 27 heavy (non-hydrogen) atoms. The maximum Gasteiger partial charge on any atom is 0.257 e. The molecule has 4 rings (SSSR count). The highest BCUT2D eigenvalue weighted by Crippen LogP contribution is 2.35. The first kappa shape index (κ1) is 17.9. The summed E-state index contributed by atoms with van der Waals surface area (Å²) in [5.41, 5.74) is 3.62. The lowest BCUT2D eigenvalue weighted by Gasteiger charge is -2.46. The van der Waals surface area contributed by atoms with Crippen LogP contribution in [0.15, 0.2) is 36.4 Å². The lowest BCUT2D eigenvalue weighted by Crippen LogP contribution is -2.55. The number of hydrogen-bond acceptors (Lipinski definition) is 3. The number of anilines is 2. The number of carbonyl (C=O) groups is 2. The van der Waals surface area contributed by atoms with Gasteiger partial charge in [0.2, 0.25) is 0 Å². The van der Waals surface area contributed by atoms with Gasteiger partial charge in [0.25, 0.3) is 11.8 Å². The van der Waals surface area contributed by atoms with E-state index in [4.69, 9.17) is 11.6 Å². The van der Waals surface area contributed by atoms with Gasteiger partial charge in [-0.25, -0.2) is 0 Å². The van der Waals surface area contributed by atoms with Crippen LogP contribution in [-0.4, -0.2) is 36.5 Å². The quantitative estimate of drug-likeness (QED) is 0.841. The van der Waals surface area contributed by atoms with Gasteiger partial charge < -0.3 is 15.1 Å². The van der Waals surface area contributed by atoms with Crippen molar-refractivity contribution in [2.45, 2.75) is 32.4 Å². The summed E-state index contributed by atoms with van der Waals surface area (Å²) in [6.07, 6.45) is 3.20. The molecule has 0 aliphatic carbocycles. The van der Waals surface area contributed by atoms with Crippen LogP contribution in [0.2, 0.25) is 5.02 Å². The number of nitrogens with one attached hydrogen (secondary N) is 1. The van der Waals surface area contributed by atoms with E-state index < -0.39 is 0 Å². The van der Waals surface area contributed by atoms with Gasteiger partial charge in [-0.3, -0.25) is 9.59 Å². The molecular formula is C21H22ClN3O2. The second-order valence-electron chi connectivity index (χ2n) is 7.24. The van der Waals surface area contributed by atoms with Crippen LogP contribution in [0, 0.1) is 6.92 Å². The summed E-state index contributed by atoms with van der Waals surface area (Å²) in [7, 11) is 2.00. The molecule has 0 bridgehead atoms. The van der Waals surface area contributed by atoms with Gasteiger partial charge in [-0.1, -0.05) is 11.6 Å². The molecule has 1 N–H and O–H groups in total. The van der Waals surface area contributed by atoms with Gasteiger partial charge in [0.15, 0.2) is 0 Å². The summed E-state index contributed by atoms with van der Waals surface area (Å²) in [6.45, 7) is 2.69. The van der Waals surface area contributed by atoms with E-state index in [1.165, 1.54) is 0 Å². The fourth-order valence-corrected chi connectivity index (χ4v) is 4.06. The molecule has 0 radical (unpaired) electrons. The van der Waals surface area contributed by atoms with Gasteiger partial charge in [0.1, 0.15) is 6.17 Å². The predicted molar refractivity (Wildman–Crippen MR) is 108 cm³/mol. The topological polar surface area (TPSA) is 52.7 Å². The number of carbonyl (C=O) groups excluding carboxylic acids is 2. The van der Waals surface area contributed by atoms with Crippen LogP contribution in [0.5, 0.6) is 0 Å². The van der Waals surface area contributed by atoms with Crippen molar-refractivity contribution in [1.82, 2.24) is 4.90 Å². The Morgan fingerprint density at radius 2 is 2.00 bits per heavy atom. The number of nitrogens with zero attached hydrogens (tertiary/aromatic N) is 2. The molecule has 6 heteroatoms. The van der Waals surface area contributed by atoms with Crippen LogP contribution in [-0.2, 0) is 0 Å². The second kappa shape index (κ2) is 6.89. The van der Waals surface area contributed by atoms with E-state index in [9.17, 15) is 9.59 Å². The smallest absolute Gasteiger partial charge is 0.257 e. The number of amides is 2. The Morgan fingerprint density at radius 3 is 2.78 bits per heavy atom.